The molecule has 1 aromatic heterocycles. The fourth-order valence-electron chi connectivity index (χ4n) is 2.55. The molecule has 0 unspecified atom stereocenters. The molecule has 0 saturated carbocycles. The lowest BCUT2D eigenvalue weighted by molar-refractivity contribution is -0.137. The number of nitrogens with one attached hydrogen (secondary N) is 1. The maximum absolute atomic E-state index is 12.8. The van der Waals surface area contributed by atoms with Gasteiger partial charge in [-0.2, -0.15) is 13.2 Å². The van der Waals surface area contributed by atoms with Crippen LogP contribution in [0.2, 0.25) is 0 Å². The Morgan fingerprint density at radius 2 is 1.87 bits per heavy atom. The van der Waals surface area contributed by atoms with E-state index in [0.29, 0.717) is 17.7 Å². The quantitative estimate of drug-likeness (QED) is 0.557. The second-order valence-electron chi connectivity index (χ2n) is 5.33. The van der Waals surface area contributed by atoms with E-state index >= 15 is 0 Å². The van der Waals surface area contributed by atoms with Crippen LogP contribution in [0.1, 0.15) is 16.7 Å². The molecule has 0 saturated heterocycles. The van der Waals surface area contributed by atoms with Crippen molar-refractivity contribution in [2.75, 3.05) is 0 Å². The van der Waals surface area contributed by atoms with Gasteiger partial charge in [0, 0.05) is 29.2 Å². The standard InChI is InChI=1S/C17H14F3N3/c18-17(19,20)14-3-1-2-11(8-14)10-23-7-6-12-9-13(16(21)22)4-5-15(12)23/h1-9H,10H2,(H3,21,22). The summed E-state index contributed by atoms with van der Waals surface area (Å²) in [6.07, 6.45) is -2.53. The summed E-state index contributed by atoms with van der Waals surface area (Å²) in [4.78, 5) is 0. The first kappa shape index (κ1) is 15.1. The molecule has 23 heavy (non-hydrogen) atoms. The van der Waals surface area contributed by atoms with Gasteiger partial charge in [-0.3, -0.25) is 5.41 Å². The van der Waals surface area contributed by atoms with Gasteiger partial charge in [-0.25, -0.2) is 0 Å². The second kappa shape index (κ2) is 5.46. The first-order valence-corrected chi connectivity index (χ1v) is 6.94. The number of benzene rings is 2. The zero-order chi connectivity index (χ0) is 16.6. The molecule has 0 amide bonds. The highest BCUT2D eigenvalue weighted by Crippen LogP contribution is 2.30. The molecule has 0 radical (unpaired) electrons. The summed E-state index contributed by atoms with van der Waals surface area (Å²) >= 11 is 0. The summed E-state index contributed by atoms with van der Waals surface area (Å²) in [6.45, 7) is 0.340. The average Bonchev–Trinajstić information content (AvgIpc) is 2.89. The molecular formula is C17H14F3N3. The summed E-state index contributed by atoms with van der Waals surface area (Å²) in [7, 11) is 0. The number of hydrogen-bond acceptors (Lipinski definition) is 1. The molecule has 0 atom stereocenters. The number of nitrogens with zero attached hydrogens (tertiary/aromatic N) is 1. The van der Waals surface area contributed by atoms with Gasteiger partial charge in [0.25, 0.3) is 0 Å². The van der Waals surface area contributed by atoms with Gasteiger partial charge >= 0.3 is 6.18 Å². The molecular weight excluding hydrogens is 303 g/mol. The molecule has 6 heteroatoms. The zero-order valence-electron chi connectivity index (χ0n) is 12.1. The minimum atomic E-state index is -4.34. The molecule has 3 N–H and O–H groups in total. The molecule has 2 aromatic carbocycles. The van der Waals surface area contributed by atoms with Crippen LogP contribution in [0.5, 0.6) is 0 Å². The molecule has 3 rings (SSSR count). The molecule has 0 bridgehead atoms. The zero-order valence-corrected chi connectivity index (χ0v) is 12.1. The van der Waals surface area contributed by atoms with Crippen LogP contribution in [0, 0.1) is 5.41 Å². The second-order valence-corrected chi connectivity index (χ2v) is 5.33. The van der Waals surface area contributed by atoms with E-state index in [-0.39, 0.29) is 5.84 Å². The van der Waals surface area contributed by atoms with Crippen molar-refractivity contribution in [2.24, 2.45) is 5.73 Å². The van der Waals surface area contributed by atoms with Crippen LogP contribution in [-0.2, 0) is 12.7 Å². The molecule has 0 fully saturated rings. The Kier molecular flexibility index (Phi) is 3.60. The number of aromatic nitrogens is 1. The first-order chi connectivity index (χ1) is 10.8. The van der Waals surface area contributed by atoms with Gasteiger partial charge in [-0.15, -0.1) is 0 Å². The van der Waals surface area contributed by atoms with Gasteiger partial charge in [-0.05, 0) is 42.0 Å². The van der Waals surface area contributed by atoms with E-state index in [4.69, 9.17) is 11.1 Å². The van der Waals surface area contributed by atoms with E-state index in [0.717, 1.165) is 23.0 Å². The average molecular weight is 317 g/mol. The van der Waals surface area contributed by atoms with E-state index in [9.17, 15) is 13.2 Å². The topological polar surface area (TPSA) is 54.8 Å². The summed E-state index contributed by atoms with van der Waals surface area (Å²) in [6, 6.07) is 12.5. The van der Waals surface area contributed by atoms with Gasteiger partial charge in [0.1, 0.15) is 5.84 Å². The van der Waals surface area contributed by atoms with Crippen molar-refractivity contribution in [3.05, 3.63) is 71.4 Å². The molecule has 1 heterocycles. The van der Waals surface area contributed by atoms with Crippen molar-refractivity contribution in [1.82, 2.24) is 4.57 Å². The molecule has 0 spiro atoms. The van der Waals surface area contributed by atoms with E-state index < -0.39 is 11.7 Å². The molecule has 118 valence electrons. The highest BCUT2D eigenvalue weighted by molar-refractivity contribution is 5.98. The summed E-state index contributed by atoms with van der Waals surface area (Å²) < 4.78 is 40.2. The summed E-state index contributed by atoms with van der Waals surface area (Å²) in [5, 5.41) is 8.34. The van der Waals surface area contributed by atoms with Crippen molar-refractivity contribution < 1.29 is 13.2 Å². The summed E-state index contributed by atoms with van der Waals surface area (Å²) in [5.74, 6) is -0.0162. The molecule has 3 nitrogen and oxygen atoms in total. The Hall–Kier alpha value is -2.76. The van der Waals surface area contributed by atoms with Crippen LogP contribution in [0.3, 0.4) is 0 Å². The van der Waals surface area contributed by atoms with Gasteiger partial charge < -0.3 is 10.3 Å². The van der Waals surface area contributed by atoms with Crippen LogP contribution in [-0.4, -0.2) is 10.4 Å². The SMILES string of the molecule is N=C(N)c1ccc2c(ccn2Cc2cccc(C(F)(F)F)c2)c1. The van der Waals surface area contributed by atoms with Crippen molar-refractivity contribution in [1.29, 1.82) is 5.41 Å². The summed E-state index contributed by atoms with van der Waals surface area (Å²) in [5.41, 5.74) is 6.89. The van der Waals surface area contributed by atoms with Crippen LogP contribution >= 0.6 is 0 Å². The molecule has 0 aliphatic rings. The van der Waals surface area contributed by atoms with Crippen LogP contribution < -0.4 is 5.73 Å². The lowest BCUT2D eigenvalue weighted by atomic mass is 10.1. The normalized spacial score (nSPS) is 11.8. The number of halogens is 3. The predicted octanol–water partition coefficient (Wildman–Crippen LogP) is 3.99. The Balaban J connectivity index is 1.95. The maximum Gasteiger partial charge on any atom is 0.416 e. The van der Waals surface area contributed by atoms with E-state index in [1.165, 1.54) is 6.07 Å². The highest BCUT2D eigenvalue weighted by Gasteiger charge is 2.30. The number of nitrogen functional groups attached to an aromatic ring is 1. The minimum absolute atomic E-state index is 0.0162. The number of fused-ring (bicyclic) bond motifs is 1. The van der Waals surface area contributed by atoms with E-state index in [2.05, 4.69) is 0 Å². The monoisotopic (exact) mass is 317 g/mol. The lowest BCUT2D eigenvalue weighted by Crippen LogP contribution is -2.10. The molecule has 0 aliphatic heterocycles. The van der Waals surface area contributed by atoms with Crippen molar-refractivity contribution in [3.8, 4) is 0 Å². The lowest BCUT2D eigenvalue weighted by Gasteiger charge is -2.10. The van der Waals surface area contributed by atoms with Gasteiger partial charge in [0.05, 0.1) is 5.56 Å². The number of rotatable bonds is 3. The number of nitrogens with two attached hydrogens (primary N) is 1. The number of hydrogen-bond donors (Lipinski definition) is 2. The first-order valence-electron chi connectivity index (χ1n) is 6.94. The fourth-order valence-corrected chi connectivity index (χ4v) is 2.55. The van der Waals surface area contributed by atoms with Gasteiger partial charge in [-0.1, -0.05) is 12.1 Å². The number of amidine groups is 1. The largest absolute Gasteiger partial charge is 0.416 e. The van der Waals surface area contributed by atoms with E-state index in [1.54, 1.807) is 18.2 Å². The third-order valence-corrected chi connectivity index (χ3v) is 3.69. The maximum atomic E-state index is 12.8. The van der Waals surface area contributed by atoms with Gasteiger partial charge in [0.2, 0.25) is 0 Å². The van der Waals surface area contributed by atoms with Crippen molar-refractivity contribution in [2.45, 2.75) is 12.7 Å². The Labute approximate surface area is 130 Å². The Morgan fingerprint density at radius 1 is 1.09 bits per heavy atom. The Morgan fingerprint density at radius 3 is 2.57 bits per heavy atom. The van der Waals surface area contributed by atoms with Crippen LogP contribution in [0.4, 0.5) is 13.2 Å². The van der Waals surface area contributed by atoms with Crippen molar-refractivity contribution >= 4 is 16.7 Å². The predicted molar refractivity (Wildman–Crippen MR) is 83.5 cm³/mol. The van der Waals surface area contributed by atoms with Crippen LogP contribution in [0.25, 0.3) is 10.9 Å². The van der Waals surface area contributed by atoms with E-state index in [1.807, 2.05) is 22.9 Å². The highest BCUT2D eigenvalue weighted by atomic mass is 19.4. The van der Waals surface area contributed by atoms with Gasteiger partial charge in [0.15, 0.2) is 0 Å². The van der Waals surface area contributed by atoms with Crippen molar-refractivity contribution in [3.63, 3.8) is 0 Å². The fraction of sp³-hybridized carbons (Fsp3) is 0.118. The molecule has 0 aliphatic carbocycles. The Bertz CT molecular complexity index is 878. The number of alkyl halides is 3. The smallest absolute Gasteiger partial charge is 0.384 e. The molecule has 3 aromatic rings. The van der Waals surface area contributed by atoms with Crippen LogP contribution in [0.15, 0.2) is 54.7 Å². The minimum Gasteiger partial charge on any atom is -0.384 e. The third kappa shape index (κ3) is 3.06. The third-order valence-electron chi connectivity index (χ3n) is 3.69.